The summed E-state index contributed by atoms with van der Waals surface area (Å²) in [5.74, 6) is 0.447. The van der Waals surface area contributed by atoms with Crippen molar-refractivity contribution in [2.24, 2.45) is 4.99 Å². The zero-order valence-electron chi connectivity index (χ0n) is 15.5. The van der Waals surface area contributed by atoms with Gasteiger partial charge in [-0.1, -0.05) is 48.0 Å². The molecule has 5 nitrogen and oxygen atoms in total. The fourth-order valence-corrected chi connectivity index (χ4v) is 3.40. The zero-order valence-corrected chi connectivity index (χ0v) is 16.3. The fourth-order valence-electron chi connectivity index (χ4n) is 3.18. The van der Waals surface area contributed by atoms with Crippen molar-refractivity contribution >= 4 is 34.3 Å². The first-order valence-corrected chi connectivity index (χ1v) is 9.27. The molecule has 0 aliphatic carbocycles. The number of para-hydroxylation sites is 1. The average molecular weight is 405 g/mol. The van der Waals surface area contributed by atoms with Crippen molar-refractivity contribution in [3.63, 3.8) is 0 Å². The third-order valence-electron chi connectivity index (χ3n) is 4.59. The Balaban J connectivity index is 1.97. The lowest BCUT2D eigenvalue weighted by Gasteiger charge is -2.14. The number of pyridine rings is 1. The minimum atomic E-state index is -0.357. The monoisotopic (exact) mass is 404 g/mol. The van der Waals surface area contributed by atoms with Crippen LogP contribution in [-0.4, -0.2) is 23.0 Å². The second kappa shape index (κ2) is 7.81. The van der Waals surface area contributed by atoms with Gasteiger partial charge >= 0.3 is 0 Å². The molecule has 29 heavy (non-hydrogen) atoms. The maximum atomic E-state index is 13.1. The molecule has 3 aromatic carbocycles. The fraction of sp³-hybridized carbons (Fsp3) is 0.0435. The van der Waals surface area contributed by atoms with E-state index in [0.29, 0.717) is 38.5 Å². The Hall–Kier alpha value is -3.57. The lowest BCUT2D eigenvalue weighted by molar-refractivity contribution is 0.415. The van der Waals surface area contributed by atoms with Crippen molar-refractivity contribution in [2.75, 3.05) is 7.11 Å². The van der Waals surface area contributed by atoms with Gasteiger partial charge in [0.2, 0.25) is 5.88 Å². The van der Waals surface area contributed by atoms with Gasteiger partial charge in [-0.2, -0.15) is 0 Å². The third kappa shape index (κ3) is 3.48. The van der Waals surface area contributed by atoms with E-state index in [1.54, 1.807) is 61.9 Å². The number of halogens is 1. The van der Waals surface area contributed by atoms with Crippen LogP contribution in [0.4, 0.5) is 5.69 Å². The third-order valence-corrected chi connectivity index (χ3v) is 4.91. The molecule has 0 spiro atoms. The van der Waals surface area contributed by atoms with Crippen molar-refractivity contribution in [1.82, 2.24) is 4.57 Å². The summed E-state index contributed by atoms with van der Waals surface area (Å²) in [5, 5.41) is 12.4. The number of aromatic hydroxyl groups is 1. The topological polar surface area (TPSA) is 63.8 Å². The average Bonchev–Trinajstić information content (AvgIpc) is 2.75. The van der Waals surface area contributed by atoms with Crippen LogP contribution in [-0.2, 0) is 0 Å². The van der Waals surface area contributed by atoms with Gasteiger partial charge in [0.05, 0.1) is 29.1 Å². The van der Waals surface area contributed by atoms with Gasteiger partial charge in [-0.25, -0.2) is 4.57 Å². The number of benzene rings is 3. The molecule has 0 atom stereocenters. The zero-order chi connectivity index (χ0) is 20.4. The highest BCUT2D eigenvalue weighted by Crippen LogP contribution is 2.29. The van der Waals surface area contributed by atoms with Crippen molar-refractivity contribution in [2.45, 2.75) is 0 Å². The molecule has 4 aromatic rings. The lowest BCUT2D eigenvalue weighted by Crippen LogP contribution is -2.20. The van der Waals surface area contributed by atoms with Gasteiger partial charge in [0.1, 0.15) is 5.75 Å². The molecule has 0 saturated heterocycles. The largest absolute Gasteiger partial charge is 0.497 e. The minimum Gasteiger partial charge on any atom is -0.497 e. The van der Waals surface area contributed by atoms with Crippen LogP contribution in [0, 0.1) is 0 Å². The van der Waals surface area contributed by atoms with Gasteiger partial charge in [-0.15, -0.1) is 0 Å². The molecule has 1 aromatic heterocycles. The Morgan fingerprint density at radius 1 is 1.00 bits per heavy atom. The van der Waals surface area contributed by atoms with Crippen LogP contribution >= 0.6 is 11.6 Å². The Bertz CT molecular complexity index is 1300. The van der Waals surface area contributed by atoms with Gasteiger partial charge in [-0.3, -0.25) is 9.79 Å². The number of fused-ring (bicyclic) bond motifs is 1. The van der Waals surface area contributed by atoms with Crippen LogP contribution in [0.2, 0.25) is 5.02 Å². The number of methoxy groups -OCH3 is 1. The molecule has 144 valence electrons. The Kier molecular flexibility index (Phi) is 5.06. The highest BCUT2D eigenvalue weighted by molar-refractivity contribution is 6.32. The van der Waals surface area contributed by atoms with E-state index < -0.39 is 0 Å². The summed E-state index contributed by atoms with van der Waals surface area (Å²) in [6.45, 7) is 0. The van der Waals surface area contributed by atoms with E-state index in [2.05, 4.69) is 4.99 Å². The number of ether oxygens (including phenoxy) is 1. The first-order valence-electron chi connectivity index (χ1n) is 8.90. The molecule has 1 N–H and O–H groups in total. The van der Waals surface area contributed by atoms with Gasteiger partial charge in [-0.05, 0) is 30.3 Å². The molecule has 0 aliphatic heterocycles. The van der Waals surface area contributed by atoms with E-state index in [1.165, 1.54) is 4.57 Å². The summed E-state index contributed by atoms with van der Waals surface area (Å²) in [7, 11) is 1.58. The first kappa shape index (κ1) is 18.8. The van der Waals surface area contributed by atoms with Gasteiger partial charge in [0.15, 0.2) is 0 Å². The second-order valence-electron chi connectivity index (χ2n) is 6.33. The Morgan fingerprint density at radius 3 is 2.48 bits per heavy atom. The number of aromatic nitrogens is 1. The molecular weight excluding hydrogens is 388 g/mol. The van der Waals surface area contributed by atoms with Crippen LogP contribution < -0.4 is 10.3 Å². The van der Waals surface area contributed by atoms with E-state index in [-0.39, 0.29) is 11.4 Å². The van der Waals surface area contributed by atoms with Crippen molar-refractivity contribution in [3.8, 4) is 17.3 Å². The van der Waals surface area contributed by atoms with Gasteiger partial charge in [0, 0.05) is 23.1 Å². The number of nitrogens with zero attached hydrogens (tertiary/aromatic N) is 2. The van der Waals surface area contributed by atoms with Crippen LogP contribution in [0.5, 0.6) is 11.6 Å². The van der Waals surface area contributed by atoms with Gasteiger partial charge in [0.25, 0.3) is 5.56 Å². The first-order chi connectivity index (χ1) is 14.1. The van der Waals surface area contributed by atoms with Crippen molar-refractivity contribution < 1.29 is 9.84 Å². The van der Waals surface area contributed by atoms with E-state index in [0.717, 1.165) is 0 Å². The van der Waals surface area contributed by atoms with Crippen LogP contribution in [0.25, 0.3) is 16.5 Å². The standard InChI is InChI=1S/C23H17ClN2O3/c1-29-16-8-6-7-15(13-16)25-14-19-17-9-2-3-10-18(17)22(27)26(23(19)28)21-12-5-4-11-20(21)24/h2-14,28H,1H3. The molecule has 0 saturated carbocycles. The molecule has 0 amide bonds. The summed E-state index contributed by atoms with van der Waals surface area (Å²) in [6, 6.07) is 21.2. The quantitative estimate of drug-likeness (QED) is 0.481. The summed E-state index contributed by atoms with van der Waals surface area (Å²) >= 11 is 6.29. The summed E-state index contributed by atoms with van der Waals surface area (Å²) in [6.07, 6.45) is 1.54. The highest BCUT2D eigenvalue weighted by atomic mass is 35.5. The molecular formula is C23H17ClN2O3. The SMILES string of the molecule is COc1cccc(N=Cc2c(O)n(-c3ccccc3Cl)c(=O)c3ccccc23)c1. The molecule has 0 bridgehead atoms. The van der Waals surface area contributed by atoms with Crippen molar-refractivity contribution in [3.05, 3.63) is 93.7 Å². The maximum absolute atomic E-state index is 13.1. The minimum absolute atomic E-state index is 0.228. The van der Waals surface area contributed by atoms with Crippen molar-refractivity contribution in [1.29, 1.82) is 0 Å². The normalized spacial score (nSPS) is 11.2. The van der Waals surface area contributed by atoms with Gasteiger partial charge < -0.3 is 9.84 Å². The Labute approximate surface area is 172 Å². The van der Waals surface area contributed by atoms with E-state index in [9.17, 15) is 9.90 Å². The van der Waals surface area contributed by atoms with E-state index >= 15 is 0 Å². The molecule has 1 heterocycles. The molecule has 4 rings (SSSR count). The summed E-state index contributed by atoms with van der Waals surface area (Å²) in [5.41, 5.74) is 1.12. The summed E-state index contributed by atoms with van der Waals surface area (Å²) in [4.78, 5) is 17.6. The number of rotatable bonds is 4. The van der Waals surface area contributed by atoms with Crippen LogP contribution in [0.15, 0.2) is 82.6 Å². The molecule has 6 heteroatoms. The molecule has 0 unspecified atom stereocenters. The van der Waals surface area contributed by atoms with E-state index in [4.69, 9.17) is 16.3 Å². The predicted molar refractivity (Wildman–Crippen MR) is 116 cm³/mol. The smallest absolute Gasteiger partial charge is 0.265 e. The predicted octanol–water partition coefficient (Wildman–Crippen LogP) is 5.11. The number of aliphatic imine (C=N–C) groups is 1. The number of hydrogen-bond donors (Lipinski definition) is 1. The van der Waals surface area contributed by atoms with E-state index in [1.807, 2.05) is 24.3 Å². The molecule has 0 aliphatic rings. The molecule has 0 radical (unpaired) electrons. The second-order valence-corrected chi connectivity index (χ2v) is 6.74. The van der Waals surface area contributed by atoms with Crippen LogP contribution in [0.1, 0.15) is 5.56 Å². The Morgan fingerprint density at radius 2 is 1.72 bits per heavy atom. The highest BCUT2D eigenvalue weighted by Gasteiger charge is 2.17. The summed E-state index contributed by atoms with van der Waals surface area (Å²) < 4.78 is 6.43. The van der Waals surface area contributed by atoms with Crippen LogP contribution in [0.3, 0.4) is 0 Å². The number of hydrogen-bond acceptors (Lipinski definition) is 4. The lowest BCUT2D eigenvalue weighted by atomic mass is 10.1. The molecule has 0 fully saturated rings. The maximum Gasteiger partial charge on any atom is 0.265 e.